The summed E-state index contributed by atoms with van der Waals surface area (Å²) in [5.41, 5.74) is 0.734. The largest absolute Gasteiger partial charge is 0.309 e. The molecule has 0 amide bonds. The zero-order valence-corrected chi connectivity index (χ0v) is 17.0. The first-order chi connectivity index (χ1) is 13.2. The van der Waals surface area contributed by atoms with Gasteiger partial charge in [0, 0.05) is 24.2 Å². The Morgan fingerprint density at radius 1 is 1.00 bits per heavy atom. The minimum Gasteiger partial charge on any atom is -0.309 e. The van der Waals surface area contributed by atoms with Crippen molar-refractivity contribution in [3.05, 3.63) is 54.1 Å². The van der Waals surface area contributed by atoms with Crippen molar-refractivity contribution in [3.8, 4) is 11.1 Å². The third kappa shape index (κ3) is 5.16. The first-order valence-electron chi connectivity index (χ1n) is 9.47. The maximum absolute atomic E-state index is 13.9. The Bertz CT molecular complexity index is 907. The van der Waals surface area contributed by atoms with Crippen molar-refractivity contribution in [2.75, 3.05) is 20.6 Å². The molecule has 1 aliphatic rings. The molecule has 7 heteroatoms. The Kier molecular flexibility index (Phi) is 6.47. The lowest BCUT2D eigenvalue weighted by atomic mass is 9.86. The maximum Gasteiger partial charge on any atom is 0.240 e. The number of nitrogens with one attached hydrogen (secondary N) is 1. The van der Waals surface area contributed by atoms with Crippen LogP contribution in [0.15, 0.2) is 47.4 Å². The summed E-state index contributed by atoms with van der Waals surface area (Å²) in [7, 11) is 0.473. The van der Waals surface area contributed by atoms with Gasteiger partial charge in [0.15, 0.2) is 0 Å². The fraction of sp³-hybridized carbons (Fsp3) is 0.429. The van der Waals surface area contributed by atoms with E-state index in [1.54, 1.807) is 12.1 Å². The highest BCUT2D eigenvalue weighted by Gasteiger charge is 2.26. The zero-order valence-electron chi connectivity index (χ0n) is 16.2. The second-order valence-electron chi connectivity index (χ2n) is 7.75. The number of halogens is 2. The van der Waals surface area contributed by atoms with Crippen LogP contribution in [-0.2, 0) is 10.0 Å². The van der Waals surface area contributed by atoms with E-state index in [2.05, 4.69) is 23.7 Å². The van der Waals surface area contributed by atoms with Gasteiger partial charge in [-0.3, -0.25) is 0 Å². The van der Waals surface area contributed by atoms with Crippen LogP contribution in [0.4, 0.5) is 8.78 Å². The number of rotatable bonds is 6. The van der Waals surface area contributed by atoms with E-state index in [1.165, 1.54) is 24.3 Å². The molecule has 0 atom stereocenters. The van der Waals surface area contributed by atoms with Crippen LogP contribution in [0.3, 0.4) is 0 Å². The van der Waals surface area contributed by atoms with Crippen molar-refractivity contribution < 1.29 is 17.2 Å². The van der Waals surface area contributed by atoms with E-state index >= 15 is 0 Å². The van der Waals surface area contributed by atoms with E-state index in [0.29, 0.717) is 11.5 Å². The normalized spacial score (nSPS) is 20.5. The van der Waals surface area contributed by atoms with Gasteiger partial charge in [-0.15, -0.1) is 0 Å². The summed E-state index contributed by atoms with van der Waals surface area (Å²) in [6.07, 6.45) is 3.68. The Morgan fingerprint density at radius 3 is 2.21 bits per heavy atom. The van der Waals surface area contributed by atoms with Crippen molar-refractivity contribution in [3.63, 3.8) is 0 Å². The topological polar surface area (TPSA) is 49.4 Å². The van der Waals surface area contributed by atoms with Gasteiger partial charge >= 0.3 is 0 Å². The molecule has 28 heavy (non-hydrogen) atoms. The molecule has 3 rings (SSSR count). The van der Waals surface area contributed by atoms with Gasteiger partial charge in [-0.2, -0.15) is 0 Å². The minimum absolute atomic E-state index is 0.0577. The van der Waals surface area contributed by atoms with Gasteiger partial charge in [0.05, 0.1) is 4.90 Å². The molecule has 0 bridgehead atoms. The van der Waals surface area contributed by atoms with E-state index in [-0.39, 0.29) is 16.5 Å². The number of benzene rings is 2. The molecule has 1 N–H and O–H groups in total. The molecule has 0 heterocycles. The lowest BCUT2D eigenvalue weighted by molar-refractivity contribution is 0.244. The monoisotopic (exact) mass is 408 g/mol. The van der Waals surface area contributed by atoms with Crippen LogP contribution in [0, 0.1) is 17.6 Å². The Balaban J connectivity index is 1.66. The Morgan fingerprint density at radius 2 is 1.64 bits per heavy atom. The van der Waals surface area contributed by atoms with Crippen molar-refractivity contribution in [1.82, 2.24) is 9.62 Å². The Hall–Kier alpha value is -1.83. The summed E-state index contributed by atoms with van der Waals surface area (Å²) < 4.78 is 55.1. The number of sulfonamides is 1. The van der Waals surface area contributed by atoms with Crippen LogP contribution in [-0.4, -0.2) is 40.0 Å². The van der Waals surface area contributed by atoms with Gasteiger partial charge in [0.25, 0.3) is 0 Å². The second-order valence-corrected chi connectivity index (χ2v) is 9.46. The van der Waals surface area contributed by atoms with E-state index in [4.69, 9.17) is 0 Å². The number of hydrogen-bond donors (Lipinski definition) is 1. The molecule has 0 spiro atoms. The van der Waals surface area contributed by atoms with Crippen molar-refractivity contribution >= 4 is 10.0 Å². The van der Waals surface area contributed by atoms with Gasteiger partial charge in [0.2, 0.25) is 10.0 Å². The van der Waals surface area contributed by atoms with Crippen molar-refractivity contribution in [2.24, 2.45) is 5.92 Å². The summed E-state index contributed by atoms with van der Waals surface area (Å²) in [5, 5.41) is 0. The quantitative estimate of drug-likeness (QED) is 0.785. The predicted octanol–water partition coefficient (Wildman–Crippen LogP) is 4.03. The van der Waals surface area contributed by atoms with Crippen molar-refractivity contribution in [1.29, 1.82) is 0 Å². The molecule has 1 saturated carbocycles. The third-order valence-corrected chi connectivity index (χ3v) is 6.74. The number of hydrogen-bond acceptors (Lipinski definition) is 3. The molecule has 0 radical (unpaired) electrons. The maximum atomic E-state index is 13.9. The fourth-order valence-corrected chi connectivity index (χ4v) is 5.11. The average Bonchev–Trinajstić information content (AvgIpc) is 2.63. The van der Waals surface area contributed by atoms with Gasteiger partial charge < -0.3 is 4.90 Å². The summed E-state index contributed by atoms with van der Waals surface area (Å²) in [6.45, 7) is 1.03. The highest BCUT2D eigenvalue weighted by Crippen LogP contribution is 2.27. The Labute approximate surface area is 165 Å². The molecule has 1 aliphatic carbocycles. The van der Waals surface area contributed by atoms with Crippen LogP contribution in [0.2, 0.25) is 0 Å². The van der Waals surface area contributed by atoms with Crippen LogP contribution in [0.25, 0.3) is 11.1 Å². The smallest absolute Gasteiger partial charge is 0.240 e. The molecule has 0 saturated heterocycles. The van der Waals surface area contributed by atoms with Crippen LogP contribution in [0.5, 0.6) is 0 Å². The van der Waals surface area contributed by atoms with Crippen LogP contribution < -0.4 is 4.72 Å². The lowest BCUT2D eigenvalue weighted by Crippen LogP contribution is -2.38. The van der Waals surface area contributed by atoms with E-state index < -0.39 is 21.7 Å². The molecule has 1 fully saturated rings. The third-order valence-electron chi connectivity index (χ3n) is 5.20. The molecule has 152 valence electrons. The number of nitrogens with zero attached hydrogens (tertiary/aromatic N) is 1. The summed E-state index contributed by atoms with van der Waals surface area (Å²) in [4.78, 5) is 2.31. The van der Waals surface area contributed by atoms with E-state index in [9.17, 15) is 17.2 Å². The van der Waals surface area contributed by atoms with Crippen molar-refractivity contribution in [2.45, 2.75) is 36.6 Å². The summed E-state index contributed by atoms with van der Waals surface area (Å²) in [6, 6.07) is 9.27. The average molecular weight is 409 g/mol. The molecular weight excluding hydrogens is 382 g/mol. The van der Waals surface area contributed by atoms with Gasteiger partial charge in [-0.25, -0.2) is 21.9 Å². The SMILES string of the molecule is CN(C)CC1CCC(NS(=O)(=O)c2ccc(-c3ccc(F)cc3F)cc2)CC1. The zero-order chi connectivity index (χ0) is 20.3. The molecule has 0 aliphatic heterocycles. The van der Waals surface area contributed by atoms with E-state index in [1.807, 2.05) is 0 Å². The molecule has 0 unspecified atom stereocenters. The summed E-state index contributed by atoms with van der Waals surface area (Å²) in [5.74, 6) is -0.714. The fourth-order valence-electron chi connectivity index (χ4n) is 3.80. The van der Waals surface area contributed by atoms with Gasteiger partial charge in [-0.05, 0) is 75.5 Å². The molecular formula is C21H26F2N2O2S. The highest BCUT2D eigenvalue weighted by molar-refractivity contribution is 7.89. The van der Waals surface area contributed by atoms with Crippen LogP contribution in [0.1, 0.15) is 25.7 Å². The minimum atomic E-state index is -3.63. The van der Waals surface area contributed by atoms with Gasteiger partial charge in [0.1, 0.15) is 11.6 Å². The lowest BCUT2D eigenvalue weighted by Gasteiger charge is -2.30. The first kappa shape index (κ1) is 20.9. The molecule has 0 aromatic heterocycles. The van der Waals surface area contributed by atoms with E-state index in [0.717, 1.165) is 38.3 Å². The highest BCUT2D eigenvalue weighted by atomic mass is 32.2. The molecule has 2 aromatic carbocycles. The first-order valence-corrected chi connectivity index (χ1v) is 11.0. The molecule has 2 aromatic rings. The van der Waals surface area contributed by atoms with Crippen LogP contribution >= 0.6 is 0 Å². The predicted molar refractivity (Wildman–Crippen MR) is 106 cm³/mol. The summed E-state index contributed by atoms with van der Waals surface area (Å²) >= 11 is 0. The van der Waals surface area contributed by atoms with Gasteiger partial charge in [-0.1, -0.05) is 12.1 Å². The second kappa shape index (κ2) is 8.68. The standard InChI is InChI=1S/C21H26F2N2O2S/c1-25(2)14-15-3-8-18(9-4-15)24-28(26,27)19-10-5-16(6-11-19)20-12-7-17(22)13-21(20)23/h5-7,10-13,15,18,24H,3-4,8-9,14H2,1-2H3. The molecule has 4 nitrogen and oxygen atoms in total.